The molecule has 0 aliphatic heterocycles. The van der Waals surface area contributed by atoms with Crippen LogP contribution < -0.4 is 29.0 Å². The molecule has 2 aromatic rings. The van der Waals surface area contributed by atoms with Gasteiger partial charge in [-0.05, 0) is 24.3 Å². The fourth-order valence-electron chi connectivity index (χ4n) is 2.51. The summed E-state index contributed by atoms with van der Waals surface area (Å²) in [6.45, 7) is -0.504. The molecule has 0 saturated heterocycles. The summed E-state index contributed by atoms with van der Waals surface area (Å²) in [5.41, 5.74) is 0.534. The number of amides is 1. The summed E-state index contributed by atoms with van der Waals surface area (Å²) >= 11 is 0. The Hall–Kier alpha value is -3.62. The van der Waals surface area contributed by atoms with Gasteiger partial charge in [0.1, 0.15) is 11.5 Å². The van der Waals surface area contributed by atoms with Gasteiger partial charge in [-0.2, -0.15) is 0 Å². The summed E-state index contributed by atoms with van der Waals surface area (Å²) in [6, 6.07) is 7.81. The van der Waals surface area contributed by atoms with E-state index in [2.05, 4.69) is 5.32 Å². The van der Waals surface area contributed by atoms with Crippen molar-refractivity contribution >= 4 is 17.6 Å². The van der Waals surface area contributed by atoms with Crippen LogP contribution in [0.15, 0.2) is 30.3 Å². The minimum atomic E-state index is -0.725. The van der Waals surface area contributed by atoms with E-state index in [1.54, 1.807) is 18.2 Å². The first-order chi connectivity index (χ1) is 14.0. The van der Waals surface area contributed by atoms with E-state index in [1.807, 2.05) is 0 Å². The van der Waals surface area contributed by atoms with Gasteiger partial charge in [-0.25, -0.2) is 4.79 Å². The summed E-state index contributed by atoms with van der Waals surface area (Å²) in [4.78, 5) is 24.6. The first-order valence-corrected chi connectivity index (χ1v) is 8.46. The first kappa shape index (κ1) is 21.7. The molecule has 0 spiro atoms. The van der Waals surface area contributed by atoms with E-state index in [-0.39, 0.29) is 5.56 Å². The zero-order valence-corrected chi connectivity index (χ0v) is 16.9. The highest BCUT2D eigenvalue weighted by Gasteiger charge is 2.19. The average molecular weight is 405 g/mol. The monoisotopic (exact) mass is 405 g/mol. The van der Waals surface area contributed by atoms with Crippen LogP contribution in [0.5, 0.6) is 28.7 Å². The molecule has 9 heteroatoms. The Morgan fingerprint density at radius 3 is 1.93 bits per heavy atom. The van der Waals surface area contributed by atoms with Crippen LogP contribution in [0.4, 0.5) is 5.69 Å². The van der Waals surface area contributed by atoms with Crippen LogP contribution in [0.3, 0.4) is 0 Å². The molecule has 0 aliphatic carbocycles. The second-order valence-corrected chi connectivity index (χ2v) is 5.60. The maximum absolute atomic E-state index is 12.4. The first-order valence-electron chi connectivity index (χ1n) is 8.46. The van der Waals surface area contributed by atoms with Gasteiger partial charge in [-0.15, -0.1) is 0 Å². The van der Waals surface area contributed by atoms with Crippen molar-refractivity contribution in [1.82, 2.24) is 0 Å². The molecule has 0 bridgehead atoms. The number of methoxy groups -OCH3 is 5. The molecule has 1 amide bonds. The second-order valence-electron chi connectivity index (χ2n) is 5.60. The van der Waals surface area contributed by atoms with Crippen LogP contribution in [0.25, 0.3) is 0 Å². The van der Waals surface area contributed by atoms with Crippen LogP contribution in [0.1, 0.15) is 10.4 Å². The van der Waals surface area contributed by atoms with E-state index < -0.39 is 18.5 Å². The number of carbonyl (C=O) groups excluding carboxylic acids is 2. The second kappa shape index (κ2) is 10.1. The number of nitrogens with one attached hydrogen (secondary N) is 1. The number of hydrogen-bond donors (Lipinski definition) is 1. The van der Waals surface area contributed by atoms with Crippen LogP contribution in [-0.4, -0.2) is 54.0 Å². The molecule has 0 aliphatic rings. The quantitative estimate of drug-likeness (QED) is 0.635. The molecule has 1 N–H and O–H groups in total. The zero-order chi connectivity index (χ0) is 21.4. The van der Waals surface area contributed by atoms with E-state index in [0.29, 0.717) is 34.4 Å². The Labute approximate surface area is 168 Å². The Morgan fingerprint density at radius 2 is 1.41 bits per heavy atom. The molecule has 29 heavy (non-hydrogen) atoms. The Bertz CT molecular complexity index is 856. The fourth-order valence-corrected chi connectivity index (χ4v) is 2.51. The summed E-state index contributed by atoms with van der Waals surface area (Å²) in [5, 5.41) is 2.62. The normalized spacial score (nSPS) is 9.97. The Balaban J connectivity index is 2.08. The smallest absolute Gasteiger partial charge is 0.338 e. The van der Waals surface area contributed by atoms with Gasteiger partial charge in [0, 0.05) is 6.07 Å². The minimum absolute atomic E-state index is 0.145. The standard InChI is InChI=1S/C20H23NO8/c1-24-13-6-7-15(25-2)14(10-13)21-18(22)11-29-20(23)12-8-16(26-3)19(28-5)17(9-12)27-4/h6-10H,11H2,1-5H3,(H,21,22). The van der Waals surface area contributed by atoms with Gasteiger partial charge in [0.2, 0.25) is 5.75 Å². The SMILES string of the molecule is COc1ccc(OC)c(NC(=O)COC(=O)c2cc(OC)c(OC)c(OC)c2)c1. The third-order valence-electron chi connectivity index (χ3n) is 3.92. The van der Waals surface area contributed by atoms with Crippen LogP contribution in [-0.2, 0) is 9.53 Å². The van der Waals surface area contributed by atoms with E-state index in [9.17, 15) is 9.59 Å². The maximum Gasteiger partial charge on any atom is 0.338 e. The molecular weight excluding hydrogens is 382 g/mol. The van der Waals surface area contributed by atoms with Gasteiger partial charge in [-0.1, -0.05) is 0 Å². The van der Waals surface area contributed by atoms with Gasteiger partial charge < -0.3 is 33.7 Å². The van der Waals surface area contributed by atoms with Gasteiger partial charge >= 0.3 is 5.97 Å². The van der Waals surface area contributed by atoms with Crippen molar-refractivity contribution in [2.45, 2.75) is 0 Å². The Kier molecular flexibility index (Phi) is 7.53. The lowest BCUT2D eigenvalue weighted by Crippen LogP contribution is -2.21. The molecule has 0 heterocycles. The van der Waals surface area contributed by atoms with E-state index in [0.717, 1.165) is 0 Å². The van der Waals surface area contributed by atoms with Gasteiger partial charge in [0.15, 0.2) is 18.1 Å². The maximum atomic E-state index is 12.4. The zero-order valence-electron chi connectivity index (χ0n) is 16.9. The molecule has 0 aromatic heterocycles. The number of esters is 1. The lowest BCUT2D eigenvalue weighted by atomic mass is 10.2. The molecule has 0 atom stereocenters. The number of ether oxygens (including phenoxy) is 6. The number of hydrogen-bond acceptors (Lipinski definition) is 8. The summed E-state index contributed by atoms with van der Waals surface area (Å²) < 4.78 is 31.0. The van der Waals surface area contributed by atoms with E-state index >= 15 is 0 Å². The fraction of sp³-hybridized carbons (Fsp3) is 0.300. The highest BCUT2D eigenvalue weighted by atomic mass is 16.5. The van der Waals surface area contributed by atoms with Crippen molar-refractivity contribution in [3.8, 4) is 28.7 Å². The molecular formula is C20H23NO8. The largest absolute Gasteiger partial charge is 0.497 e. The van der Waals surface area contributed by atoms with Gasteiger partial charge in [0.25, 0.3) is 5.91 Å². The molecule has 0 fully saturated rings. The van der Waals surface area contributed by atoms with Crippen molar-refractivity contribution in [3.05, 3.63) is 35.9 Å². The number of benzene rings is 2. The van der Waals surface area contributed by atoms with Gasteiger partial charge in [0.05, 0.1) is 46.8 Å². The van der Waals surface area contributed by atoms with Crippen molar-refractivity contribution < 1.29 is 38.0 Å². The van der Waals surface area contributed by atoms with Crippen molar-refractivity contribution in [3.63, 3.8) is 0 Å². The number of carbonyl (C=O) groups is 2. The van der Waals surface area contributed by atoms with Crippen LogP contribution >= 0.6 is 0 Å². The van der Waals surface area contributed by atoms with Crippen molar-refractivity contribution in [2.75, 3.05) is 47.5 Å². The van der Waals surface area contributed by atoms with Crippen LogP contribution in [0.2, 0.25) is 0 Å². The molecule has 0 unspecified atom stereocenters. The summed E-state index contributed by atoms with van der Waals surface area (Å²) in [7, 11) is 7.30. The third kappa shape index (κ3) is 5.22. The minimum Gasteiger partial charge on any atom is -0.497 e. The predicted octanol–water partition coefficient (Wildman–Crippen LogP) is 2.53. The van der Waals surface area contributed by atoms with Crippen LogP contribution in [0, 0.1) is 0 Å². The molecule has 9 nitrogen and oxygen atoms in total. The lowest BCUT2D eigenvalue weighted by molar-refractivity contribution is -0.119. The van der Waals surface area contributed by atoms with E-state index in [1.165, 1.54) is 47.7 Å². The third-order valence-corrected chi connectivity index (χ3v) is 3.92. The molecule has 156 valence electrons. The Morgan fingerprint density at radius 1 is 0.793 bits per heavy atom. The molecule has 2 aromatic carbocycles. The highest BCUT2D eigenvalue weighted by molar-refractivity contribution is 5.97. The van der Waals surface area contributed by atoms with Crippen molar-refractivity contribution in [1.29, 1.82) is 0 Å². The molecule has 0 saturated carbocycles. The molecule has 0 radical (unpaired) electrons. The highest BCUT2D eigenvalue weighted by Crippen LogP contribution is 2.38. The predicted molar refractivity (Wildman–Crippen MR) is 105 cm³/mol. The summed E-state index contributed by atoms with van der Waals surface area (Å²) in [6.07, 6.45) is 0. The van der Waals surface area contributed by atoms with Crippen molar-refractivity contribution in [2.24, 2.45) is 0 Å². The topological polar surface area (TPSA) is 102 Å². The summed E-state index contributed by atoms with van der Waals surface area (Å²) in [5.74, 6) is 0.642. The van der Waals surface area contributed by atoms with E-state index in [4.69, 9.17) is 28.4 Å². The average Bonchev–Trinajstić information content (AvgIpc) is 2.76. The van der Waals surface area contributed by atoms with Gasteiger partial charge in [-0.3, -0.25) is 4.79 Å². The number of rotatable bonds is 9. The molecule has 2 rings (SSSR count). The number of anilines is 1. The lowest BCUT2D eigenvalue weighted by Gasteiger charge is -2.14.